The van der Waals surface area contributed by atoms with E-state index in [2.05, 4.69) is 15.6 Å². The number of amides is 2. The van der Waals surface area contributed by atoms with Crippen LogP contribution in [0.2, 0.25) is 0 Å². The van der Waals surface area contributed by atoms with Crippen LogP contribution in [0.15, 0.2) is 53.7 Å². The van der Waals surface area contributed by atoms with Crippen LogP contribution < -0.4 is 10.6 Å². The molecule has 1 aliphatic rings. The lowest BCUT2D eigenvalue weighted by molar-refractivity contribution is 0.251. The third-order valence-corrected chi connectivity index (χ3v) is 6.26. The minimum Gasteiger partial charge on any atom is -0.334 e. The minimum atomic E-state index is -3.55. The van der Waals surface area contributed by atoms with Crippen LogP contribution in [0.5, 0.6) is 0 Å². The summed E-state index contributed by atoms with van der Waals surface area (Å²) in [5.74, 6) is 0. The number of benzene rings is 1. The number of nitrogens with zero attached hydrogens (tertiary/aromatic N) is 2. The normalized spacial score (nSPS) is 15.4. The molecule has 3 rings (SSSR count). The number of sulfonamides is 1. The molecule has 0 bridgehead atoms. The van der Waals surface area contributed by atoms with Gasteiger partial charge in [-0.1, -0.05) is 24.6 Å². The summed E-state index contributed by atoms with van der Waals surface area (Å²) in [7, 11) is -3.55. The molecule has 2 amide bonds. The van der Waals surface area contributed by atoms with Crippen molar-refractivity contribution in [2.24, 2.45) is 0 Å². The van der Waals surface area contributed by atoms with Gasteiger partial charge < -0.3 is 10.6 Å². The Hall–Kier alpha value is -2.45. The van der Waals surface area contributed by atoms with Gasteiger partial charge in [-0.15, -0.1) is 0 Å². The molecule has 138 valence electrons. The highest BCUT2D eigenvalue weighted by Crippen LogP contribution is 2.23. The molecule has 0 spiro atoms. The number of anilines is 1. The Morgan fingerprint density at radius 3 is 2.58 bits per heavy atom. The van der Waals surface area contributed by atoms with Crippen molar-refractivity contribution in [3.8, 4) is 0 Å². The number of hydrogen-bond acceptors (Lipinski definition) is 4. The standard InChI is InChI=1S/C18H22N4O3S/c23-18(21-16-8-6-10-19-14-16)20-13-15-7-2-3-9-17(15)26(24,25)22-11-4-1-5-12-22/h2-3,6-10,14H,1,4-5,11-13H2,(H2,20,21,23). The van der Waals surface area contributed by atoms with E-state index < -0.39 is 16.1 Å². The van der Waals surface area contributed by atoms with E-state index in [1.807, 2.05) is 0 Å². The maximum atomic E-state index is 12.9. The number of urea groups is 1. The van der Waals surface area contributed by atoms with Crippen molar-refractivity contribution < 1.29 is 13.2 Å². The highest BCUT2D eigenvalue weighted by molar-refractivity contribution is 7.89. The van der Waals surface area contributed by atoms with Gasteiger partial charge in [0.2, 0.25) is 10.0 Å². The first kappa shape index (κ1) is 18.3. The Morgan fingerprint density at radius 2 is 1.85 bits per heavy atom. The summed E-state index contributed by atoms with van der Waals surface area (Å²) < 4.78 is 27.4. The van der Waals surface area contributed by atoms with Crippen molar-refractivity contribution in [3.05, 3.63) is 54.4 Å². The van der Waals surface area contributed by atoms with E-state index in [0.717, 1.165) is 19.3 Å². The molecule has 0 radical (unpaired) electrons. The lowest BCUT2D eigenvalue weighted by Crippen LogP contribution is -2.36. The predicted molar refractivity (Wildman–Crippen MR) is 99.1 cm³/mol. The second-order valence-electron chi connectivity index (χ2n) is 6.12. The highest BCUT2D eigenvalue weighted by atomic mass is 32.2. The van der Waals surface area contributed by atoms with Gasteiger partial charge in [0.15, 0.2) is 0 Å². The maximum Gasteiger partial charge on any atom is 0.319 e. The van der Waals surface area contributed by atoms with E-state index in [1.54, 1.807) is 42.6 Å². The van der Waals surface area contributed by atoms with Crippen molar-refractivity contribution in [1.29, 1.82) is 0 Å². The zero-order chi connectivity index (χ0) is 18.4. The zero-order valence-corrected chi connectivity index (χ0v) is 15.2. The molecule has 7 nitrogen and oxygen atoms in total. The largest absolute Gasteiger partial charge is 0.334 e. The van der Waals surface area contributed by atoms with Gasteiger partial charge in [-0.2, -0.15) is 4.31 Å². The van der Waals surface area contributed by atoms with Crippen LogP contribution in [-0.4, -0.2) is 36.8 Å². The Bertz CT molecular complexity index is 850. The quantitative estimate of drug-likeness (QED) is 0.841. The number of piperidine rings is 1. The van der Waals surface area contributed by atoms with Crippen LogP contribution in [0.3, 0.4) is 0 Å². The summed E-state index contributed by atoms with van der Waals surface area (Å²) in [5, 5.41) is 5.36. The van der Waals surface area contributed by atoms with E-state index >= 15 is 0 Å². The second kappa shape index (κ2) is 8.29. The molecule has 8 heteroatoms. The lowest BCUT2D eigenvalue weighted by Gasteiger charge is -2.26. The number of hydrogen-bond donors (Lipinski definition) is 2. The highest BCUT2D eigenvalue weighted by Gasteiger charge is 2.27. The number of rotatable bonds is 5. The molecule has 2 aromatic rings. The van der Waals surface area contributed by atoms with E-state index in [9.17, 15) is 13.2 Å². The molecule has 1 aliphatic heterocycles. The van der Waals surface area contributed by atoms with E-state index in [4.69, 9.17) is 0 Å². The second-order valence-corrected chi connectivity index (χ2v) is 8.03. The number of carbonyl (C=O) groups excluding carboxylic acids is 1. The molecule has 1 saturated heterocycles. The SMILES string of the molecule is O=C(NCc1ccccc1S(=O)(=O)N1CCCCC1)Nc1cccnc1. The van der Waals surface area contributed by atoms with Crippen LogP contribution in [0, 0.1) is 0 Å². The summed E-state index contributed by atoms with van der Waals surface area (Å²) in [5.41, 5.74) is 1.14. The van der Waals surface area contributed by atoms with Gasteiger partial charge in [0.1, 0.15) is 0 Å². The van der Waals surface area contributed by atoms with E-state index in [0.29, 0.717) is 24.3 Å². The van der Waals surface area contributed by atoms with Crippen molar-refractivity contribution in [3.63, 3.8) is 0 Å². The van der Waals surface area contributed by atoms with Crippen LogP contribution in [0.4, 0.5) is 10.5 Å². The molecule has 1 aromatic heterocycles. The fourth-order valence-electron chi connectivity index (χ4n) is 2.93. The molecule has 1 fully saturated rings. The van der Waals surface area contributed by atoms with Crippen LogP contribution in [-0.2, 0) is 16.6 Å². The Morgan fingerprint density at radius 1 is 1.08 bits per heavy atom. The van der Waals surface area contributed by atoms with E-state index in [1.165, 1.54) is 10.5 Å². The first-order valence-corrected chi connectivity index (χ1v) is 10.0. The van der Waals surface area contributed by atoms with E-state index in [-0.39, 0.29) is 11.4 Å². The number of pyridine rings is 1. The molecule has 26 heavy (non-hydrogen) atoms. The summed E-state index contributed by atoms with van der Waals surface area (Å²) in [6.07, 6.45) is 5.98. The summed E-state index contributed by atoms with van der Waals surface area (Å²) in [6, 6.07) is 9.82. The molecule has 0 saturated carbocycles. The van der Waals surface area contributed by atoms with Crippen molar-refractivity contribution in [2.45, 2.75) is 30.7 Å². The fraction of sp³-hybridized carbons (Fsp3) is 0.333. The van der Waals surface area contributed by atoms with Crippen molar-refractivity contribution >= 4 is 21.7 Å². The van der Waals surface area contributed by atoms with Gasteiger partial charge in [-0.3, -0.25) is 4.98 Å². The topological polar surface area (TPSA) is 91.4 Å². The monoisotopic (exact) mass is 374 g/mol. The summed E-state index contributed by atoms with van der Waals surface area (Å²) >= 11 is 0. The third kappa shape index (κ3) is 4.39. The first-order valence-electron chi connectivity index (χ1n) is 8.60. The average Bonchev–Trinajstić information content (AvgIpc) is 2.68. The fourth-order valence-corrected chi connectivity index (χ4v) is 4.67. The minimum absolute atomic E-state index is 0.120. The molecule has 0 aliphatic carbocycles. The van der Waals surface area contributed by atoms with Crippen LogP contribution >= 0.6 is 0 Å². The number of carbonyl (C=O) groups is 1. The molecular formula is C18H22N4O3S. The molecule has 2 N–H and O–H groups in total. The van der Waals surface area contributed by atoms with Gasteiger partial charge in [-0.05, 0) is 36.6 Å². The van der Waals surface area contributed by atoms with Crippen molar-refractivity contribution in [1.82, 2.24) is 14.6 Å². The number of nitrogens with one attached hydrogen (secondary N) is 2. The van der Waals surface area contributed by atoms with Gasteiger partial charge >= 0.3 is 6.03 Å². The van der Waals surface area contributed by atoms with Crippen molar-refractivity contribution in [2.75, 3.05) is 18.4 Å². The molecule has 0 unspecified atom stereocenters. The Labute approximate surface area is 153 Å². The average molecular weight is 374 g/mol. The Kier molecular flexibility index (Phi) is 5.85. The zero-order valence-electron chi connectivity index (χ0n) is 14.4. The molecule has 2 heterocycles. The van der Waals surface area contributed by atoms with Crippen LogP contribution in [0.25, 0.3) is 0 Å². The van der Waals surface area contributed by atoms with Gasteiger partial charge in [0.25, 0.3) is 0 Å². The summed E-state index contributed by atoms with van der Waals surface area (Å²) in [4.78, 5) is 16.2. The molecule has 1 aromatic carbocycles. The predicted octanol–water partition coefficient (Wildman–Crippen LogP) is 2.58. The lowest BCUT2D eigenvalue weighted by atomic mass is 10.2. The van der Waals surface area contributed by atoms with Gasteiger partial charge in [0.05, 0.1) is 16.8 Å². The smallest absolute Gasteiger partial charge is 0.319 e. The maximum absolute atomic E-state index is 12.9. The first-order chi connectivity index (χ1) is 12.6. The summed E-state index contributed by atoms with van der Waals surface area (Å²) in [6.45, 7) is 1.21. The van der Waals surface area contributed by atoms with Crippen LogP contribution in [0.1, 0.15) is 24.8 Å². The van der Waals surface area contributed by atoms with Gasteiger partial charge in [-0.25, -0.2) is 13.2 Å². The number of aromatic nitrogens is 1. The van der Waals surface area contributed by atoms with Gasteiger partial charge in [0, 0.05) is 25.8 Å². The molecular weight excluding hydrogens is 352 g/mol. The Balaban J connectivity index is 1.70. The molecule has 0 atom stereocenters. The third-order valence-electron chi connectivity index (χ3n) is 4.26.